The van der Waals surface area contributed by atoms with E-state index in [1.165, 1.54) is 93.2 Å². The van der Waals surface area contributed by atoms with E-state index < -0.39 is 0 Å². The molecule has 0 aromatic rings. The molecule has 4 rings (SSSR count). The largest absolute Gasteiger partial charge is 0.387 e. The summed E-state index contributed by atoms with van der Waals surface area (Å²) in [5.74, 6) is 0.632. The molecule has 0 aromatic carbocycles. The van der Waals surface area contributed by atoms with E-state index in [-0.39, 0.29) is 23.1 Å². The predicted octanol–water partition coefficient (Wildman–Crippen LogP) is 2.58. The highest BCUT2D eigenvalue weighted by Gasteiger charge is 2.44. The van der Waals surface area contributed by atoms with E-state index in [9.17, 15) is 5.11 Å². The number of aliphatic hydroxyl groups excluding tert-OH is 1. The number of quaternary nitrogens is 2. The number of likely N-dealkylation sites (tertiary alicyclic amines) is 1. The molecule has 124 valence electrons. The van der Waals surface area contributed by atoms with Gasteiger partial charge in [0.05, 0.1) is 46.3 Å². The fraction of sp³-hybridized carbons (Fsp3) is 1.00. The summed E-state index contributed by atoms with van der Waals surface area (Å²) in [7, 11) is 2.46. The second-order valence-electron chi connectivity index (χ2n) is 8.16. The summed E-state index contributed by atoms with van der Waals surface area (Å²) in [4.78, 5) is 0. The minimum Gasteiger partial charge on any atom is -0.387 e. The van der Waals surface area contributed by atoms with Crippen LogP contribution in [0.3, 0.4) is 0 Å². The maximum Gasteiger partial charge on any atom is 0.106 e. The van der Waals surface area contributed by atoms with Gasteiger partial charge < -0.3 is 14.1 Å². The zero-order valence-electron chi connectivity index (χ0n) is 13.8. The molecule has 4 saturated heterocycles. The Bertz CT molecular complexity index is 323. The van der Waals surface area contributed by atoms with Gasteiger partial charge in [-0.1, -0.05) is 0 Å². The molecular weight excluding hydrogens is 328 g/mol. The van der Waals surface area contributed by atoms with Gasteiger partial charge in [-0.3, -0.25) is 0 Å². The van der Waals surface area contributed by atoms with Crippen LogP contribution in [0, 0.1) is 5.92 Å². The van der Waals surface area contributed by atoms with Crippen molar-refractivity contribution in [3.05, 3.63) is 0 Å². The minimum atomic E-state index is 0. The number of nitrogens with zero attached hydrogens (tertiary/aromatic N) is 2. The molecule has 0 radical (unpaired) electrons. The molecule has 1 unspecified atom stereocenters. The van der Waals surface area contributed by atoms with Crippen molar-refractivity contribution >= 4 is 17.0 Å². The lowest BCUT2D eigenvalue weighted by Gasteiger charge is -2.51. The van der Waals surface area contributed by atoms with Gasteiger partial charge in [-0.05, 0) is 19.3 Å². The van der Waals surface area contributed by atoms with Gasteiger partial charge in [0.1, 0.15) is 12.6 Å². The van der Waals surface area contributed by atoms with Crippen molar-refractivity contribution < 1.29 is 14.1 Å². The molecule has 1 atom stereocenters. The number of halogens is 1. The van der Waals surface area contributed by atoms with Crippen LogP contribution in [0.25, 0.3) is 0 Å². The molecule has 4 heteroatoms. The van der Waals surface area contributed by atoms with E-state index in [0.29, 0.717) is 5.92 Å². The SMILES string of the molecule is Br.C[N+]1(CCCC[N+]23CCC(CC2)C(O)C3)CCCCC1. The Balaban J connectivity index is 0.00000161. The van der Waals surface area contributed by atoms with E-state index in [0.717, 1.165) is 6.54 Å². The molecule has 0 saturated carbocycles. The van der Waals surface area contributed by atoms with Gasteiger partial charge in [0, 0.05) is 31.6 Å². The van der Waals surface area contributed by atoms with E-state index in [2.05, 4.69) is 7.05 Å². The number of piperidine rings is 4. The van der Waals surface area contributed by atoms with Crippen LogP contribution in [0.2, 0.25) is 0 Å². The van der Waals surface area contributed by atoms with E-state index in [4.69, 9.17) is 0 Å². The van der Waals surface area contributed by atoms with Crippen molar-refractivity contribution in [2.75, 3.05) is 52.9 Å². The molecule has 0 spiro atoms. The molecule has 3 nitrogen and oxygen atoms in total. The van der Waals surface area contributed by atoms with Crippen LogP contribution in [-0.4, -0.2) is 73.0 Å². The van der Waals surface area contributed by atoms with Crippen molar-refractivity contribution in [1.29, 1.82) is 0 Å². The smallest absolute Gasteiger partial charge is 0.106 e. The van der Waals surface area contributed by atoms with E-state index >= 15 is 0 Å². The molecule has 0 amide bonds. The van der Waals surface area contributed by atoms with Gasteiger partial charge in [-0.2, -0.15) is 0 Å². The lowest BCUT2D eigenvalue weighted by molar-refractivity contribution is -0.947. The van der Waals surface area contributed by atoms with Gasteiger partial charge in [0.25, 0.3) is 0 Å². The maximum atomic E-state index is 10.1. The second-order valence-corrected chi connectivity index (χ2v) is 8.16. The van der Waals surface area contributed by atoms with Crippen LogP contribution in [0.4, 0.5) is 0 Å². The van der Waals surface area contributed by atoms with Crippen molar-refractivity contribution in [3.8, 4) is 0 Å². The molecule has 2 bridgehead atoms. The third-order valence-electron chi connectivity index (χ3n) is 6.54. The molecule has 4 fully saturated rings. The Morgan fingerprint density at radius 3 is 2.14 bits per heavy atom. The third kappa shape index (κ3) is 4.21. The number of unbranched alkanes of at least 4 members (excludes halogenated alkanes) is 1. The Kier molecular flexibility index (Phi) is 6.15. The number of hydrogen-bond donors (Lipinski definition) is 1. The number of rotatable bonds is 5. The Labute approximate surface area is 141 Å². The molecule has 21 heavy (non-hydrogen) atoms. The quantitative estimate of drug-likeness (QED) is 0.588. The highest BCUT2D eigenvalue weighted by atomic mass is 79.9. The fourth-order valence-electron chi connectivity index (χ4n) is 5.00. The van der Waals surface area contributed by atoms with Gasteiger partial charge in [-0.15, -0.1) is 17.0 Å². The van der Waals surface area contributed by atoms with Crippen molar-refractivity contribution in [3.63, 3.8) is 0 Å². The first-order chi connectivity index (χ1) is 9.61. The van der Waals surface area contributed by atoms with E-state index in [1.54, 1.807) is 0 Å². The number of fused-ring (bicyclic) bond motifs is 3. The first-order valence-electron chi connectivity index (χ1n) is 8.98. The van der Waals surface area contributed by atoms with Crippen LogP contribution in [0.1, 0.15) is 44.9 Å². The zero-order chi connectivity index (χ0) is 14.1. The van der Waals surface area contributed by atoms with Crippen LogP contribution < -0.4 is 0 Å². The summed E-state index contributed by atoms with van der Waals surface area (Å²) >= 11 is 0. The van der Waals surface area contributed by atoms with Crippen LogP contribution in [0.15, 0.2) is 0 Å². The third-order valence-corrected chi connectivity index (χ3v) is 6.54. The average molecular weight is 363 g/mol. The predicted molar refractivity (Wildman–Crippen MR) is 92.7 cm³/mol. The van der Waals surface area contributed by atoms with Gasteiger partial charge in [-0.25, -0.2) is 0 Å². The number of aliphatic hydroxyl groups is 1. The first kappa shape index (κ1) is 17.7. The highest BCUT2D eigenvalue weighted by molar-refractivity contribution is 8.93. The van der Waals surface area contributed by atoms with Crippen LogP contribution >= 0.6 is 17.0 Å². The van der Waals surface area contributed by atoms with Crippen molar-refractivity contribution in [2.45, 2.75) is 51.0 Å². The molecule has 0 aromatic heterocycles. The lowest BCUT2D eigenvalue weighted by atomic mass is 9.83. The van der Waals surface area contributed by atoms with E-state index in [1.807, 2.05) is 0 Å². The molecule has 1 N–H and O–H groups in total. The topological polar surface area (TPSA) is 20.2 Å². The molecule has 4 aliphatic rings. The van der Waals surface area contributed by atoms with Gasteiger partial charge in [0.15, 0.2) is 0 Å². The number of hydrogen-bond acceptors (Lipinski definition) is 1. The standard InChI is InChI=1S/C17H34N2O.BrH/c1-18(9-3-2-4-10-18)11-5-6-12-19-13-7-16(8-14-19)17(20)15-19;/h16-17,20H,2-15H2,1H3;1H/q+2;. The van der Waals surface area contributed by atoms with Crippen molar-refractivity contribution in [2.24, 2.45) is 5.92 Å². The molecule has 0 aliphatic carbocycles. The molecular formula is C17H35BrN2O+2. The second kappa shape index (κ2) is 7.29. The normalized spacial score (nSPS) is 38.0. The van der Waals surface area contributed by atoms with Gasteiger partial charge in [0.2, 0.25) is 0 Å². The summed E-state index contributed by atoms with van der Waals surface area (Å²) in [5.41, 5.74) is 0. The summed E-state index contributed by atoms with van der Waals surface area (Å²) in [5, 5.41) is 10.1. The summed E-state index contributed by atoms with van der Waals surface area (Å²) < 4.78 is 2.56. The average Bonchev–Trinajstić information content (AvgIpc) is 2.46. The first-order valence-corrected chi connectivity index (χ1v) is 8.98. The fourth-order valence-corrected chi connectivity index (χ4v) is 5.00. The Morgan fingerprint density at radius 1 is 0.905 bits per heavy atom. The Morgan fingerprint density at radius 2 is 1.52 bits per heavy atom. The monoisotopic (exact) mass is 362 g/mol. The maximum absolute atomic E-state index is 10.1. The summed E-state index contributed by atoms with van der Waals surface area (Å²) in [6.07, 6.45) is 9.62. The summed E-state index contributed by atoms with van der Waals surface area (Å²) in [6, 6.07) is 0. The van der Waals surface area contributed by atoms with Gasteiger partial charge >= 0.3 is 0 Å². The molecule has 4 aliphatic heterocycles. The highest BCUT2D eigenvalue weighted by Crippen LogP contribution is 2.34. The van der Waals surface area contributed by atoms with Crippen molar-refractivity contribution in [1.82, 2.24) is 0 Å². The minimum absolute atomic E-state index is 0. The Hall–Kier alpha value is 0.360. The van der Waals surface area contributed by atoms with Crippen LogP contribution in [0.5, 0.6) is 0 Å². The summed E-state index contributed by atoms with van der Waals surface area (Å²) in [6.45, 7) is 9.24. The van der Waals surface area contributed by atoms with Crippen LogP contribution in [-0.2, 0) is 0 Å². The lowest BCUT2D eigenvalue weighted by Crippen LogP contribution is -2.63. The zero-order valence-corrected chi connectivity index (χ0v) is 15.5. The molecule has 4 heterocycles.